The fourth-order valence-electron chi connectivity index (χ4n) is 3.69. The zero-order valence-electron chi connectivity index (χ0n) is 15.2. The van der Waals surface area contributed by atoms with E-state index in [0.29, 0.717) is 29.8 Å². The molecule has 140 valence electrons. The summed E-state index contributed by atoms with van der Waals surface area (Å²) in [6.07, 6.45) is 3.05. The van der Waals surface area contributed by atoms with Crippen LogP contribution in [0.5, 0.6) is 0 Å². The van der Waals surface area contributed by atoms with Crippen molar-refractivity contribution < 1.29 is 13.2 Å². The van der Waals surface area contributed by atoms with Crippen LogP contribution in [0.4, 0.5) is 0 Å². The minimum atomic E-state index is -3.75. The molecular weight excluding hydrogens is 366 g/mol. The van der Waals surface area contributed by atoms with Gasteiger partial charge in [0.25, 0.3) is 0 Å². The smallest absolute Gasteiger partial charge is 0.241 e. The van der Waals surface area contributed by atoms with E-state index < -0.39 is 14.6 Å². The van der Waals surface area contributed by atoms with Crippen LogP contribution in [0.3, 0.4) is 0 Å². The van der Waals surface area contributed by atoms with E-state index in [9.17, 15) is 13.2 Å². The van der Waals surface area contributed by atoms with Gasteiger partial charge in [0.1, 0.15) is 0 Å². The van der Waals surface area contributed by atoms with Gasteiger partial charge in [-0.3, -0.25) is 4.79 Å². The third-order valence-corrected chi connectivity index (χ3v) is 8.79. The van der Waals surface area contributed by atoms with Crippen molar-refractivity contribution in [3.63, 3.8) is 0 Å². The summed E-state index contributed by atoms with van der Waals surface area (Å²) < 4.78 is 25.7. The van der Waals surface area contributed by atoms with E-state index in [0.717, 1.165) is 24.8 Å². The van der Waals surface area contributed by atoms with Crippen LogP contribution in [0.2, 0.25) is 0 Å². The van der Waals surface area contributed by atoms with Crippen LogP contribution in [0, 0.1) is 13.8 Å². The first-order valence-corrected chi connectivity index (χ1v) is 11.4. The molecule has 1 aromatic carbocycles. The number of nitrogens with one attached hydrogen (secondary N) is 1. The summed E-state index contributed by atoms with van der Waals surface area (Å²) in [7, 11) is -3.75. The van der Waals surface area contributed by atoms with E-state index in [1.54, 1.807) is 24.3 Å². The molecule has 1 fully saturated rings. The maximum absolute atomic E-state index is 13.5. The molecule has 0 unspecified atom stereocenters. The summed E-state index contributed by atoms with van der Waals surface area (Å²) in [5.74, 6) is -0.340. The third kappa shape index (κ3) is 3.45. The molecule has 1 aliphatic carbocycles. The Hall–Kier alpha value is -1.66. The van der Waals surface area contributed by atoms with Crippen LogP contribution in [0.1, 0.15) is 41.7 Å². The van der Waals surface area contributed by atoms with Crippen molar-refractivity contribution in [3.05, 3.63) is 51.7 Å². The van der Waals surface area contributed by atoms with Crippen molar-refractivity contribution in [2.45, 2.75) is 55.6 Å². The van der Waals surface area contributed by atoms with Crippen LogP contribution in [0.25, 0.3) is 0 Å². The highest BCUT2D eigenvalue weighted by atomic mass is 32.2. The van der Waals surface area contributed by atoms with Crippen LogP contribution in [0.15, 0.2) is 40.6 Å². The van der Waals surface area contributed by atoms with Gasteiger partial charge in [0, 0.05) is 11.4 Å². The summed E-state index contributed by atoms with van der Waals surface area (Å²) in [6, 6.07) is 9.42. The largest absolute Gasteiger partial charge is 0.354 e. The summed E-state index contributed by atoms with van der Waals surface area (Å²) in [6.45, 7) is 4.13. The van der Waals surface area contributed by atoms with Gasteiger partial charge in [-0.25, -0.2) is 8.42 Å². The molecular formula is C20H25NO3S2. The predicted octanol–water partition coefficient (Wildman–Crippen LogP) is 3.81. The van der Waals surface area contributed by atoms with Gasteiger partial charge in [-0.2, -0.15) is 0 Å². The summed E-state index contributed by atoms with van der Waals surface area (Å²) in [4.78, 5) is 14.5. The molecule has 0 saturated heterocycles. The second-order valence-electron chi connectivity index (χ2n) is 7.06. The second kappa shape index (κ2) is 7.53. The van der Waals surface area contributed by atoms with Crippen molar-refractivity contribution in [1.82, 2.24) is 5.32 Å². The summed E-state index contributed by atoms with van der Waals surface area (Å²) in [5.41, 5.74) is 1.59. The Kier molecular flexibility index (Phi) is 5.53. The Morgan fingerprint density at radius 3 is 2.58 bits per heavy atom. The number of aryl methyl sites for hydroxylation is 2. The molecule has 1 aliphatic rings. The van der Waals surface area contributed by atoms with E-state index in [1.807, 2.05) is 36.6 Å². The zero-order valence-corrected chi connectivity index (χ0v) is 16.9. The monoisotopic (exact) mass is 391 g/mol. The molecule has 26 heavy (non-hydrogen) atoms. The lowest BCUT2D eigenvalue weighted by molar-refractivity contribution is -0.123. The molecule has 1 saturated carbocycles. The molecule has 2 aromatic rings. The van der Waals surface area contributed by atoms with Crippen LogP contribution < -0.4 is 5.32 Å². The molecule has 6 heteroatoms. The van der Waals surface area contributed by atoms with E-state index in [2.05, 4.69) is 5.32 Å². The van der Waals surface area contributed by atoms with E-state index in [1.165, 1.54) is 4.88 Å². The van der Waals surface area contributed by atoms with E-state index in [-0.39, 0.29) is 5.91 Å². The fraction of sp³-hybridized carbons (Fsp3) is 0.450. The van der Waals surface area contributed by atoms with Gasteiger partial charge in [0.2, 0.25) is 5.91 Å². The molecule has 0 atom stereocenters. The topological polar surface area (TPSA) is 63.2 Å². The Labute approximate surface area is 159 Å². The Morgan fingerprint density at radius 2 is 1.92 bits per heavy atom. The van der Waals surface area contributed by atoms with Crippen molar-refractivity contribution in [3.8, 4) is 0 Å². The number of benzene rings is 1. The van der Waals surface area contributed by atoms with Crippen LogP contribution >= 0.6 is 11.3 Å². The molecule has 1 amide bonds. The highest BCUT2D eigenvalue weighted by Gasteiger charge is 2.53. The number of carbonyl (C=O) groups excluding carboxylic acids is 1. The highest BCUT2D eigenvalue weighted by Crippen LogP contribution is 2.41. The van der Waals surface area contributed by atoms with Crippen molar-refractivity contribution >= 4 is 27.1 Å². The number of carbonyl (C=O) groups is 1. The zero-order chi connectivity index (χ0) is 18.8. The average Bonchev–Trinajstić information content (AvgIpc) is 3.29. The number of amides is 1. The molecule has 0 aliphatic heterocycles. The van der Waals surface area contributed by atoms with E-state index in [4.69, 9.17) is 0 Å². The highest BCUT2D eigenvalue weighted by molar-refractivity contribution is 7.93. The van der Waals surface area contributed by atoms with Crippen molar-refractivity contribution in [1.29, 1.82) is 0 Å². The minimum absolute atomic E-state index is 0.299. The minimum Gasteiger partial charge on any atom is -0.354 e. The molecule has 0 spiro atoms. The van der Waals surface area contributed by atoms with Crippen LogP contribution in [-0.2, 0) is 21.1 Å². The molecule has 1 N–H and O–H groups in total. The standard InChI is InChI=1S/C20H25NO3S2/c1-15-7-8-16(2)18(14-15)26(23,24)20(10-3-4-11-20)19(22)21-12-9-17-6-5-13-25-17/h5-8,13-14H,3-4,9-12H2,1-2H3,(H,21,22). The molecule has 3 rings (SSSR count). The number of hydrogen-bond donors (Lipinski definition) is 1. The van der Waals surface area contributed by atoms with Gasteiger partial charge in [-0.1, -0.05) is 31.0 Å². The quantitative estimate of drug-likeness (QED) is 0.814. The van der Waals surface area contributed by atoms with E-state index >= 15 is 0 Å². The fourth-order valence-corrected chi connectivity index (χ4v) is 6.79. The maximum Gasteiger partial charge on any atom is 0.241 e. The molecule has 0 radical (unpaired) electrons. The van der Waals surface area contributed by atoms with Gasteiger partial charge >= 0.3 is 0 Å². The number of rotatable bonds is 6. The lowest BCUT2D eigenvalue weighted by Gasteiger charge is -2.28. The van der Waals surface area contributed by atoms with Gasteiger partial charge in [0.05, 0.1) is 4.90 Å². The lowest BCUT2D eigenvalue weighted by Crippen LogP contribution is -2.51. The number of hydrogen-bond acceptors (Lipinski definition) is 4. The Morgan fingerprint density at radius 1 is 1.19 bits per heavy atom. The first-order chi connectivity index (χ1) is 12.4. The van der Waals surface area contributed by atoms with Gasteiger partial charge in [-0.05, 0) is 61.7 Å². The van der Waals surface area contributed by atoms with Crippen LogP contribution in [-0.4, -0.2) is 25.6 Å². The third-order valence-electron chi connectivity index (χ3n) is 5.21. The Balaban J connectivity index is 1.86. The first kappa shape index (κ1) is 19.1. The average molecular weight is 392 g/mol. The second-order valence-corrected chi connectivity index (χ2v) is 10.3. The molecule has 4 nitrogen and oxygen atoms in total. The predicted molar refractivity (Wildman–Crippen MR) is 105 cm³/mol. The molecule has 1 aromatic heterocycles. The molecule has 0 bridgehead atoms. The van der Waals surface area contributed by atoms with Gasteiger partial charge < -0.3 is 5.32 Å². The molecule has 1 heterocycles. The number of sulfone groups is 1. The lowest BCUT2D eigenvalue weighted by atomic mass is 10.1. The first-order valence-electron chi connectivity index (χ1n) is 8.99. The van der Waals surface area contributed by atoms with Gasteiger partial charge in [-0.15, -0.1) is 11.3 Å². The van der Waals surface area contributed by atoms with Crippen molar-refractivity contribution in [2.24, 2.45) is 0 Å². The summed E-state index contributed by atoms with van der Waals surface area (Å²) in [5, 5.41) is 4.90. The van der Waals surface area contributed by atoms with Crippen molar-refractivity contribution in [2.75, 3.05) is 6.54 Å². The normalized spacial score (nSPS) is 16.5. The number of thiophene rings is 1. The summed E-state index contributed by atoms with van der Waals surface area (Å²) >= 11 is 1.64. The Bertz CT molecular complexity index is 880. The SMILES string of the molecule is Cc1ccc(C)c(S(=O)(=O)C2(C(=O)NCCc3cccs3)CCCC2)c1. The van der Waals surface area contributed by atoms with Gasteiger partial charge in [0.15, 0.2) is 14.6 Å². The maximum atomic E-state index is 13.5.